The first kappa shape index (κ1) is 32.2. The first-order valence-electron chi connectivity index (χ1n) is 14.9. The number of benzene rings is 3. The van der Waals surface area contributed by atoms with Crippen LogP contribution in [0.4, 0.5) is 0 Å². The van der Waals surface area contributed by atoms with Crippen molar-refractivity contribution in [2.24, 2.45) is 0 Å². The highest BCUT2D eigenvalue weighted by Crippen LogP contribution is 2.62. The van der Waals surface area contributed by atoms with E-state index < -0.39 is 7.92 Å². The van der Waals surface area contributed by atoms with Gasteiger partial charge in [0.1, 0.15) is 11.5 Å². The zero-order valence-electron chi connectivity index (χ0n) is 27.6. The van der Waals surface area contributed by atoms with Gasteiger partial charge in [0.15, 0.2) is 0 Å². The molecule has 3 aromatic carbocycles. The highest BCUT2D eigenvalue weighted by atomic mass is 31.1. The van der Waals surface area contributed by atoms with Crippen LogP contribution >= 0.6 is 7.92 Å². The van der Waals surface area contributed by atoms with Crippen LogP contribution in [0, 0.1) is 0 Å². The lowest BCUT2D eigenvalue weighted by Crippen LogP contribution is -2.33. The molecule has 0 aliphatic carbocycles. The molecule has 0 bridgehead atoms. The smallest absolute Gasteiger partial charge is 0.127 e. The number of methoxy groups -OCH3 is 2. The van der Waals surface area contributed by atoms with Gasteiger partial charge in [-0.05, 0) is 73.6 Å². The second-order valence-corrected chi connectivity index (χ2v) is 17.7. The highest BCUT2D eigenvalue weighted by molar-refractivity contribution is 7.69. The van der Waals surface area contributed by atoms with E-state index in [1.54, 1.807) is 0 Å². The van der Waals surface area contributed by atoms with Gasteiger partial charge >= 0.3 is 0 Å². The van der Waals surface area contributed by atoms with Gasteiger partial charge in [-0.15, -0.1) is 0 Å². The highest BCUT2D eigenvalue weighted by Gasteiger charge is 2.41. The molecule has 0 aliphatic rings. The number of ether oxygens (including phenoxy) is 2. The van der Waals surface area contributed by atoms with E-state index in [2.05, 4.69) is 132 Å². The normalized spacial score (nSPS) is 12.7. The summed E-state index contributed by atoms with van der Waals surface area (Å²) in [6.07, 6.45) is 0. The third-order valence-corrected chi connectivity index (χ3v) is 11.2. The number of hydrogen-bond acceptors (Lipinski definition) is 2. The lowest BCUT2D eigenvalue weighted by Gasteiger charge is -2.44. The Labute approximate surface area is 246 Å². The molecule has 0 aromatic heterocycles. The average Bonchev–Trinajstić information content (AvgIpc) is 2.85. The van der Waals surface area contributed by atoms with Crippen LogP contribution in [0.1, 0.15) is 118 Å². The van der Waals surface area contributed by atoms with Gasteiger partial charge in [-0.25, -0.2) is 0 Å². The molecule has 0 radical (unpaired) electrons. The first-order chi connectivity index (χ1) is 18.6. The van der Waals surface area contributed by atoms with Crippen molar-refractivity contribution in [1.29, 1.82) is 0 Å². The summed E-state index contributed by atoms with van der Waals surface area (Å²) in [6, 6.07) is 17.7. The van der Waals surface area contributed by atoms with Crippen molar-refractivity contribution in [2.45, 2.75) is 111 Å². The molecule has 0 heterocycles. The summed E-state index contributed by atoms with van der Waals surface area (Å²) in [4.78, 5) is 0. The monoisotopic (exact) mass is 560 g/mol. The number of hydrogen-bond donors (Lipinski definition) is 0. The molecule has 3 rings (SSSR count). The van der Waals surface area contributed by atoms with Gasteiger partial charge in [-0.2, -0.15) is 0 Å². The Morgan fingerprint density at radius 1 is 0.575 bits per heavy atom. The molecule has 0 spiro atoms. The maximum Gasteiger partial charge on any atom is 0.127 e. The third-order valence-electron chi connectivity index (χ3n) is 7.67. The van der Waals surface area contributed by atoms with Crippen LogP contribution in [-0.2, 0) is 0 Å². The van der Waals surface area contributed by atoms with Crippen molar-refractivity contribution in [3.63, 3.8) is 0 Å². The molecule has 0 atom stereocenters. The SMILES string of the molecule is COc1ccc(OC)c(P(C(C)(C)C)C(C)(C)C)c1-c1c(C(C)C)cc(C(C)C)c(-c2ccccc2)c1C(C)C. The van der Waals surface area contributed by atoms with Crippen LogP contribution in [0.3, 0.4) is 0 Å². The van der Waals surface area contributed by atoms with Gasteiger partial charge in [-0.1, -0.05) is 127 Å². The van der Waals surface area contributed by atoms with E-state index in [0.717, 1.165) is 11.5 Å². The summed E-state index contributed by atoms with van der Waals surface area (Å²) >= 11 is 0. The van der Waals surface area contributed by atoms with E-state index in [4.69, 9.17) is 9.47 Å². The molecule has 0 aliphatic heterocycles. The van der Waals surface area contributed by atoms with Crippen molar-refractivity contribution >= 4 is 13.2 Å². The molecule has 0 amide bonds. The van der Waals surface area contributed by atoms with Crippen LogP contribution in [0.5, 0.6) is 11.5 Å². The van der Waals surface area contributed by atoms with E-state index in [9.17, 15) is 0 Å². The minimum atomic E-state index is -0.683. The molecule has 40 heavy (non-hydrogen) atoms. The van der Waals surface area contributed by atoms with Crippen molar-refractivity contribution < 1.29 is 9.47 Å². The summed E-state index contributed by atoms with van der Waals surface area (Å²) in [7, 11) is 2.95. The molecule has 2 nitrogen and oxygen atoms in total. The van der Waals surface area contributed by atoms with Crippen LogP contribution < -0.4 is 14.8 Å². The van der Waals surface area contributed by atoms with Crippen LogP contribution in [-0.4, -0.2) is 24.5 Å². The lowest BCUT2D eigenvalue weighted by atomic mass is 9.76. The standard InChI is InChI=1S/C37H53O2P/c1-23(2)27-22-28(24(3)4)33(31(25(5)6)32(27)26-18-16-15-17-19-26)34-29(38-13)20-21-30(39-14)35(34)40(36(7,8)9)37(10,11)12/h15-25H,1-14H3. The van der Waals surface area contributed by atoms with Gasteiger partial charge < -0.3 is 9.47 Å². The predicted molar refractivity (Wildman–Crippen MR) is 179 cm³/mol. The molecule has 3 aromatic rings. The van der Waals surface area contributed by atoms with E-state index in [0.29, 0.717) is 17.8 Å². The molecule has 3 heteroatoms. The van der Waals surface area contributed by atoms with E-state index in [1.165, 1.54) is 44.2 Å². The summed E-state index contributed by atoms with van der Waals surface area (Å²) in [5.74, 6) is 2.93. The van der Waals surface area contributed by atoms with Gasteiger partial charge in [0.2, 0.25) is 0 Å². The largest absolute Gasteiger partial charge is 0.496 e. The Hall–Kier alpha value is -2.31. The van der Waals surface area contributed by atoms with Crippen molar-refractivity contribution in [1.82, 2.24) is 0 Å². The third kappa shape index (κ3) is 6.28. The minimum Gasteiger partial charge on any atom is -0.496 e. The van der Waals surface area contributed by atoms with Gasteiger partial charge in [0.05, 0.1) is 14.2 Å². The van der Waals surface area contributed by atoms with Crippen LogP contribution in [0.15, 0.2) is 48.5 Å². The quantitative estimate of drug-likeness (QED) is 0.255. The molecule has 218 valence electrons. The molecular formula is C37H53O2P. The predicted octanol–water partition coefficient (Wildman–Crippen LogP) is 11.1. The Kier molecular flexibility index (Phi) is 9.89. The topological polar surface area (TPSA) is 18.5 Å². The van der Waals surface area contributed by atoms with E-state index in [-0.39, 0.29) is 10.3 Å². The Bertz CT molecular complexity index is 1290. The summed E-state index contributed by atoms with van der Waals surface area (Å²) in [5.41, 5.74) is 9.42. The lowest BCUT2D eigenvalue weighted by molar-refractivity contribution is 0.407. The van der Waals surface area contributed by atoms with Gasteiger partial charge in [-0.3, -0.25) is 0 Å². The molecule has 0 saturated carbocycles. The molecule has 0 N–H and O–H groups in total. The fraction of sp³-hybridized carbons (Fsp3) is 0.514. The molecule has 0 saturated heterocycles. The van der Waals surface area contributed by atoms with Crippen molar-refractivity contribution in [2.75, 3.05) is 14.2 Å². The van der Waals surface area contributed by atoms with E-state index >= 15 is 0 Å². The van der Waals surface area contributed by atoms with E-state index in [1.807, 2.05) is 14.2 Å². The Morgan fingerprint density at radius 2 is 1.05 bits per heavy atom. The van der Waals surface area contributed by atoms with Crippen LogP contribution in [0.25, 0.3) is 22.3 Å². The Balaban J connectivity index is 2.75. The average molecular weight is 561 g/mol. The van der Waals surface area contributed by atoms with Crippen molar-refractivity contribution in [3.8, 4) is 33.8 Å². The van der Waals surface area contributed by atoms with Gasteiger partial charge in [0.25, 0.3) is 0 Å². The maximum atomic E-state index is 6.26. The fourth-order valence-corrected chi connectivity index (χ4v) is 10.7. The fourth-order valence-electron chi connectivity index (χ4n) is 6.47. The molecule has 0 fully saturated rings. The first-order valence-corrected chi connectivity index (χ1v) is 16.2. The molecular weight excluding hydrogens is 507 g/mol. The summed E-state index contributed by atoms with van der Waals surface area (Å²) in [5, 5.41) is 1.42. The zero-order valence-corrected chi connectivity index (χ0v) is 28.5. The maximum absolute atomic E-state index is 6.26. The van der Waals surface area contributed by atoms with Crippen LogP contribution in [0.2, 0.25) is 0 Å². The summed E-state index contributed by atoms with van der Waals surface area (Å²) in [6.45, 7) is 28.3. The zero-order chi connectivity index (χ0) is 30.2. The summed E-state index contributed by atoms with van der Waals surface area (Å²) < 4.78 is 12.5. The Morgan fingerprint density at radius 3 is 1.48 bits per heavy atom. The second kappa shape index (κ2) is 12.3. The number of rotatable bonds is 8. The second-order valence-electron chi connectivity index (χ2n) is 13.9. The van der Waals surface area contributed by atoms with Gasteiger partial charge in [0, 0.05) is 10.9 Å². The van der Waals surface area contributed by atoms with Crippen molar-refractivity contribution in [3.05, 3.63) is 65.2 Å². The minimum absolute atomic E-state index is 0.0537. The molecule has 0 unspecified atom stereocenters.